The summed E-state index contributed by atoms with van der Waals surface area (Å²) in [5.41, 5.74) is 0.326. The molecule has 7 nitrogen and oxygen atoms in total. The summed E-state index contributed by atoms with van der Waals surface area (Å²) in [5, 5.41) is 8.51. The molecule has 184 valence electrons. The van der Waals surface area contributed by atoms with E-state index in [9.17, 15) is 31.2 Å². The van der Waals surface area contributed by atoms with Crippen LogP contribution >= 0.6 is 11.6 Å². The molecular formula is C22H22ClF3N2O5S. The largest absolute Gasteiger partial charge is 0.481 e. The van der Waals surface area contributed by atoms with E-state index in [1.807, 2.05) is 0 Å². The van der Waals surface area contributed by atoms with E-state index in [0.29, 0.717) is 16.7 Å². The van der Waals surface area contributed by atoms with Gasteiger partial charge in [-0.2, -0.15) is 17.5 Å². The Morgan fingerprint density at radius 3 is 2.21 bits per heavy atom. The minimum Gasteiger partial charge on any atom is -0.481 e. The number of rotatable bonds is 6. The first-order valence-electron chi connectivity index (χ1n) is 10.2. The van der Waals surface area contributed by atoms with Crippen LogP contribution < -0.4 is 0 Å². The highest BCUT2D eigenvalue weighted by Gasteiger charge is 2.34. The Bertz CT molecular complexity index is 1210. The molecule has 1 fully saturated rings. The summed E-state index contributed by atoms with van der Waals surface area (Å²) in [4.78, 5) is 25.1. The van der Waals surface area contributed by atoms with Crippen LogP contribution in [0.5, 0.6) is 0 Å². The van der Waals surface area contributed by atoms with E-state index in [2.05, 4.69) is 0 Å². The first kappa shape index (κ1) is 26.0. The summed E-state index contributed by atoms with van der Waals surface area (Å²) >= 11 is 5.71. The van der Waals surface area contributed by atoms with Crippen molar-refractivity contribution < 1.29 is 36.3 Å². The summed E-state index contributed by atoms with van der Waals surface area (Å²) in [6, 6.07) is 7.54. The number of hydrogen-bond donors (Lipinski definition) is 1. The number of aryl methyl sites for hydroxylation is 1. The first-order valence-corrected chi connectivity index (χ1v) is 12.0. The zero-order valence-corrected chi connectivity index (χ0v) is 19.7. The van der Waals surface area contributed by atoms with Crippen molar-refractivity contribution in [2.24, 2.45) is 0 Å². The van der Waals surface area contributed by atoms with Gasteiger partial charge in [-0.1, -0.05) is 23.7 Å². The van der Waals surface area contributed by atoms with Crippen molar-refractivity contribution in [3.05, 3.63) is 63.7 Å². The molecular weight excluding hydrogens is 497 g/mol. The fraction of sp³-hybridized carbons (Fsp3) is 0.364. The SMILES string of the molecule is Cc1cc(CC(=O)O)cc(S(=O)(=O)N2CCN(C(=O)Cc3ccc(C(F)(F)F)c(Cl)c3)CC2)c1. The molecule has 1 aliphatic rings. The molecule has 1 amide bonds. The van der Waals surface area contributed by atoms with Crippen LogP contribution in [0, 0.1) is 6.92 Å². The van der Waals surface area contributed by atoms with Crippen molar-refractivity contribution in [2.45, 2.75) is 30.8 Å². The number of halogens is 4. The quantitative estimate of drug-likeness (QED) is 0.632. The topological polar surface area (TPSA) is 95.0 Å². The average molecular weight is 519 g/mol. The van der Waals surface area contributed by atoms with Gasteiger partial charge in [0.2, 0.25) is 15.9 Å². The lowest BCUT2D eigenvalue weighted by Gasteiger charge is -2.34. The molecule has 1 aliphatic heterocycles. The Labute approximate surface area is 199 Å². The average Bonchev–Trinajstić information content (AvgIpc) is 2.72. The number of carbonyl (C=O) groups excluding carboxylic acids is 1. The van der Waals surface area contributed by atoms with Gasteiger partial charge in [-0.3, -0.25) is 9.59 Å². The fourth-order valence-electron chi connectivity index (χ4n) is 3.76. The molecule has 0 unspecified atom stereocenters. The van der Waals surface area contributed by atoms with Gasteiger partial charge in [0.25, 0.3) is 0 Å². The van der Waals surface area contributed by atoms with Crippen molar-refractivity contribution in [2.75, 3.05) is 26.2 Å². The highest BCUT2D eigenvalue weighted by molar-refractivity contribution is 7.89. The summed E-state index contributed by atoms with van der Waals surface area (Å²) in [7, 11) is -3.90. The van der Waals surface area contributed by atoms with Crippen molar-refractivity contribution in [3.8, 4) is 0 Å². The number of amides is 1. The molecule has 0 radical (unpaired) electrons. The number of piperazine rings is 1. The number of carboxylic acid groups (broad SMARTS) is 1. The highest BCUT2D eigenvalue weighted by Crippen LogP contribution is 2.35. The molecule has 2 aromatic carbocycles. The lowest BCUT2D eigenvalue weighted by molar-refractivity contribution is -0.138. The molecule has 3 rings (SSSR count). The Morgan fingerprint density at radius 1 is 1.00 bits per heavy atom. The van der Waals surface area contributed by atoms with Gasteiger partial charge in [0.1, 0.15) is 0 Å². The second kappa shape index (κ2) is 9.93. The second-order valence-corrected chi connectivity index (χ2v) is 10.3. The zero-order valence-electron chi connectivity index (χ0n) is 18.1. The summed E-state index contributed by atoms with van der Waals surface area (Å²) in [6.45, 7) is 1.96. The first-order chi connectivity index (χ1) is 15.8. The smallest absolute Gasteiger partial charge is 0.417 e. The minimum absolute atomic E-state index is 0.0112. The van der Waals surface area contributed by atoms with Crippen LogP contribution in [0.1, 0.15) is 22.3 Å². The van der Waals surface area contributed by atoms with Gasteiger partial charge in [0.05, 0.1) is 28.3 Å². The third-order valence-electron chi connectivity index (χ3n) is 5.39. The summed E-state index contributed by atoms with van der Waals surface area (Å²) in [5.74, 6) is -1.43. The molecule has 0 bridgehead atoms. The van der Waals surface area contributed by atoms with E-state index in [4.69, 9.17) is 16.7 Å². The predicted molar refractivity (Wildman–Crippen MR) is 118 cm³/mol. The van der Waals surface area contributed by atoms with Crippen LogP contribution in [0.15, 0.2) is 41.3 Å². The molecule has 0 saturated carbocycles. The molecule has 0 aliphatic carbocycles. The summed E-state index contributed by atoms with van der Waals surface area (Å²) < 4.78 is 65.9. The lowest BCUT2D eigenvalue weighted by atomic mass is 10.1. The van der Waals surface area contributed by atoms with Gasteiger partial charge in [-0.15, -0.1) is 0 Å². The monoisotopic (exact) mass is 518 g/mol. The maximum absolute atomic E-state index is 13.1. The molecule has 2 aromatic rings. The number of sulfonamides is 1. The van der Waals surface area contributed by atoms with Crippen LogP contribution in [0.25, 0.3) is 0 Å². The van der Waals surface area contributed by atoms with Gasteiger partial charge in [-0.05, 0) is 47.9 Å². The van der Waals surface area contributed by atoms with Gasteiger partial charge in [-0.25, -0.2) is 8.42 Å². The van der Waals surface area contributed by atoms with Crippen LogP contribution in [-0.4, -0.2) is 60.8 Å². The number of carbonyl (C=O) groups is 2. The van der Waals surface area contributed by atoms with Crippen LogP contribution in [0.3, 0.4) is 0 Å². The van der Waals surface area contributed by atoms with Crippen LogP contribution in [0.4, 0.5) is 13.2 Å². The van der Waals surface area contributed by atoms with Gasteiger partial charge < -0.3 is 10.0 Å². The normalized spacial score (nSPS) is 15.4. The number of carboxylic acids is 1. The predicted octanol–water partition coefficient (Wildman–Crippen LogP) is 3.37. The Morgan fingerprint density at radius 2 is 1.65 bits per heavy atom. The van der Waals surface area contributed by atoms with E-state index in [1.165, 1.54) is 27.4 Å². The standard InChI is InChI=1S/C22H22ClF3N2O5S/c1-14-8-16(13-21(30)31)10-17(9-14)34(32,33)28-6-4-27(5-7-28)20(29)12-15-2-3-18(19(23)11-15)22(24,25)26/h2-3,8-11H,4-7,12-13H2,1H3,(H,30,31). The molecule has 0 aromatic heterocycles. The number of hydrogen-bond acceptors (Lipinski definition) is 4. The van der Waals surface area contributed by atoms with Crippen LogP contribution in [-0.2, 0) is 38.6 Å². The van der Waals surface area contributed by atoms with Crippen molar-refractivity contribution in [3.63, 3.8) is 0 Å². The maximum Gasteiger partial charge on any atom is 0.417 e. The van der Waals surface area contributed by atoms with E-state index in [1.54, 1.807) is 13.0 Å². The maximum atomic E-state index is 13.1. The van der Waals surface area contributed by atoms with Gasteiger partial charge >= 0.3 is 12.1 Å². The second-order valence-electron chi connectivity index (χ2n) is 8.00. The van der Waals surface area contributed by atoms with Crippen molar-refractivity contribution >= 4 is 33.5 Å². The molecule has 1 N–H and O–H groups in total. The third kappa shape index (κ3) is 6.08. The third-order valence-corrected chi connectivity index (χ3v) is 7.58. The zero-order chi connectivity index (χ0) is 25.3. The highest BCUT2D eigenvalue weighted by atomic mass is 35.5. The van der Waals surface area contributed by atoms with Gasteiger partial charge in [0, 0.05) is 26.2 Å². The Kier molecular flexibility index (Phi) is 7.59. The molecule has 0 spiro atoms. The van der Waals surface area contributed by atoms with Gasteiger partial charge in [0.15, 0.2) is 0 Å². The van der Waals surface area contributed by atoms with Crippen molar-refractivity contribution in [1.29, 1.82) is 0 Å². The summed E-state index contributed by atoms with van der Waals surface area (Å²) in [6.07, 6.45) is -5.06. The Balaban J connectivity index is 1.66. The number of aliphatic carboxylic acids is 1. The number of benzene rings is 2. The molecule has 34 heavy (non-hydrogen) atoms. The number of nitrogens with zero attached hydrogens (tertiary/aromatic N) is 2. The van der Waals surface area contributed by atoms with E-state index >= 15 is 0 Å². The molecule has 0 atom stereocenters. The van der Waals surface area contributed by atoms with Crippen molar-refractivity contribution in [1.82, 2.24) is 9.21 Å². The fourth-order valence-corrected chi connectivity index (χ4v) is 5.65. The molecule has 1 heterocycles. The van der Waals surface area contributed by atoms with E-state index in [0.717, 1.165) is 12.1 Å². The minimum atomic E-state index is -4.59. The van der Waals surface area contributed by atoms with Crippen LogP contribution in [0.2, 0.25) is 5.02 Å². The molecule has 12 heteroatoms. The van der Waals surface area contributed by atoms with E-state index in [-0.39, 0.29) is 49.8 Å². The Hall–Kier alpha value is -2.63. The number of alkyl halides is 3. The lowest BCUT2D eigenvalue weighted by Crippen LogP contribution is -2.50. The van der Waals surface area contributed by atoms with E-state index < -0.39 is 32.8 Å². The molecule has 1 saturated heterocycles.